The Morgan fingerprint density at radius 3 is 2.63 bits per heavy atom. The first-order valence-corrected chi connectivity index (χ1v) is 8.72. The standard InChI is InChI=1S/C19H14N6O5/c1-30-18(27)15-14(17(26)11-6-3-2-4-7-11)16(24-19(20-15)21-22-23-24)12-8-5-9-13(10-12)25(28)29/h2-10,16H,1H3,(H,20,21,23). The van der Waals surface area contributed by atoms with Gasteiger partial charge in [0.15, 0.2) is 5.78 Å². The van der Waals surface area contributed by atoms with Crippen molar-refractivity contribution in [3.05, 3.63) is 87.1 Å². The minimum absolute atomic E-state index is 0.00773. The summed E-state index contributed by atoms with van der Waals surface area (Å²) >= 11 is 0. The highest BCUT2D eigenvalue weighted by Crippen LogP contribution is 2.37. The Hall–Kier alpha value is -4.41. The summed E-state index contributed by atoms with van der Waals surface area (Å²) in [6.45, 7) is 0. The molecule has 0 amide bonds. The summed E-state index contributed by atoms with van der Waals surface area (Å²) in [5, 5.41) is 25.4. The molecule has 1 atom stereocenters. The van der Waals surface area contributed by atoms with Crippen molar-refractivity contribution in [3.8, 4) is 0 Å². The van der Waals surface area contributed by atoms with Crippen molar-refractivity contribution in [3.63, 3.8) is 0 Å². The Kier molecular flexibility index (Phi) is 4.76. The molecule has 0 saturated carbocycles. The highest BCUT2D eigenvalue weighted by Gasteiger charge is 2.38. The fourth-order valence-electron chi connectivity index (χ4n) is 3.25. The van der Waals surface area contributed by atoms with E-state index in [0.29, 0.717) is 11.1 Å². The number of anilines is 1. The van der Waals surface area contributed by atoms with E-state index in [2.05, 4.69) is 20.8 Å². The molecule has 1 unspecified atom stereocenters. The topological polar surface area (TPSA) is 142 Å². The quantitative estimate of drug-likeness (QED) is 0.291. The number of fused-ring (bicyclic) bond motifs is 1. The number of Topliss-reactive ketones (excluding diaryl/α,β-unsaturated/α-hetero) is 1. The second kappa shape index (κ2) is 7.54. The average molecular weight is 406 g/mol. The summed E-state index contributed by atoms with van der Waals surface area (Å²) in [4.78, 5) is 36.7. The molecule has 30 heavy (non-hydrogen) atoms. The maximum absolute atomic E-state index is 13.4. The largest absolute Gasteiger partial charge is 0.464 e. The second-order valence-electron chi connectivity index (χ2n) is 6.30. The number of nitrogens with zero attached hydrogens (tertiary/aromatic N) is 5. The number of nitro benzene ring substituents is 1. The molecule has 2 heterocycles. The number of non-ortho nitro benzene ring substituents is 1. The number of esters is 1. The van der Waals surface area contributed by atoms with Gasteiger partial charge in [0.1, 0.15) is 11.7 Å². The summed E-state index contributed by atoms with van der Waals surface area (Å²) in [6, 6.07) is 13.1. The van der Waals surface area contributed by atoms with Crippen molar-refractivity contribution < 1.29 is 19.2 Å². The Bertz CT molecular complexity index is 1190. The number of carbonyl (C=O) groups excluding carboxylic acids is 2. The minimum Gasteiger partial charge on any atom is -0.464 e. The predicted octanol–water partition coefficient (Wildman–Crippen LogP) is 1.91. The van der Waals surface area contributed by atoms with Crippen molar-refractivity contribution in [1.29, 1.82) is 0 Å². The Balaban J connectivity index is 1.97. The molecule has 0 spiro atoms. The van der Waals surface area contributed by atoms with Gasteiger partial charge in [0, 0.05) is 17.7 Å². The molecular formula is C19H14N6O5. The number of carbonyl (C=O) groups is 2. The van der Waals surface area contributed by atoms with Gasteiger partial charge in [-0.25, -0.2) is 4.79 Å². The van der Waals surface area contributed by atoms with Crippen LogP contribution < -0.4 is 5.32 Å². The number of rotatable bonds is 5. The van der Waals surface area contributed by atoms with Crippen LogP contribution in [0.4, 0.5) is 11.6 Å². The van der Waals surface area contributed by atoms with Gasteiger partial charge in [-0.05, 0) is 16.0 Å². The van der Waals surface area contributed by atoms with Gasteiger partial charge in [0.25, 0.3) is 5.69 Å². The lowest BCUT2D eigenvalue weighted by Crippen LogP contribution is -2.33. The van der Waals surface area contributed by atoms with Crippen molar-refractivity contribution in [1.82, 2.24) is 20.2 Å². The van der Waals surface area contributed by atoms with Crippen LogP contribution in [0.2, 0.25) is 0 Å². The summed E-state index contributed by atoms with van der Waals surface area (Å²) in [5.41, 5.74) is 0.382. The van der Waals surface area contributed by atoms with Crippen LogP contribution in [0.15, 0.2) is 65.9 Å². The number of ketones is 1. The van der Waals surface area contributed by atoms with Crippen molar-refractivity contribution in [2.24, 2.45) is 0 Å². The summed E-state index contributed by atoms with van der Waals surface area (Å²) < 4.78 is 6.14. The van der Waals surface area contributed by atoms with E-state index in [9.17, 15) is 19.7 Å². The molecule has 11 heteroatoms. The van der Waals surface area contributed by atoms with E-state index in [0.717, 1.165) is 0 Å². The Morgan fingerprint density at radius 1 is 1.17 bits per heavy atom. The molecule has 0 radical (unpaired) electrons. The van der Waals surface area contributed by atoms with Gasteiger partial charge in [-0.1, -0.05) is 47.6 Å². The van der Waals surface area contributed by atoms with Crippen LogP contribution in [0.25, 0.3) is 0 Å². The number of nitrogens with one attached hydrogen (secondary N) is 1. The van der Waals surface area contributed by atoms with Gasteiger partial charge in [-0.2, -0.15) is 4.68 Å². The number of hydrogen-bond acceptors (Lipinski definition) is 9. The molecule has 1 aromatic heterocycles. The fraction of sp³-hybridized carbons (Fsp3) is 0.105. The Labute approximate surface area is 169 Å². The number of methoxy groups -OCH3 is 1. The first-order chi connectivity index (χ1) is 14.5. The normalized spacial score (nSPS) is 15.2. The molecule has 0 aliphatic carbocycles. The molecule has 1 N–H and O–H groups in total. The third-order valence-corrected chi connectivity index (χ3v) is 4.58. The number of hydrogen-bond donors (Lipinski definition) is 1. The molecule has 3 aromatic rings. The highest BCUT2D eigenvalue weighted by molar-refractivity contribution is 6.14. The average Bonchev–Trinajstić information content (AvgIpc) is 3.25. The van der Waals surface area contributed by atoms with Gasteiger partial charge in [-0.3, -0.25) is 14.9 Å². The number of tetrazole rings is 1. The molecule has 0 saturated heterocycles. The van der Waals surface area contributed by atoms with E-state index in [1.165, 1.54) is 30.0 Å². The van der Waals surface area contributed by atoms with Crippen LogP contribution >= 0.6 is 0 Å². The predicted molar refractivity (Wildman–Crippen MR) is 102 cm³/mol. The smallest absolute Gasteiger partial charge is 0.355 e. The van der Waals surface area contributed by atoms with E-state index >= 15 is 0 Å². The summed E-state index contributed by atoms with van der Waals surface area (Å²) in [7, 11) is 1.18. The molecular weight excluding hydrogens is 392 g/mol. The van der Waals surface area contributed by atoms with Gasteiger partial charge >= 0.3 is 5.97 Å². The highest BCUT2D eigenvalue weighted by atomic mass is 16.6. The molecule has 1 aliphatic heterocycles. The second-order valence-corrected chi connectivity index (χ2v) is 6.30. The maximum Gasteiger partial charge on any atom is 0.355 e. The zero-order valence-corrected chi connectivity index (χ0v) is 15.6. The fourth-order valence-corrected chi connectivity index (χ4v) is 3.25. The molecule has 150 valence electrons. The third kappa shape index (κ3) is 3.17. The number of aromatic nitrogens is 4. The van der Waals surface area contributed by atoms with Gasteiger partial charge in [-0.15, -0.1) is 0 Å². The monoisotopic (exact) mass is 406 g/mol. The van der Waals surface area contributed by atoms with Crippen molar-refractivity contribution >= 4 is 23.4 Å². The lowest BCUT2D eigenvalue weighted by atomic mass is 9.89. The van der Waals surface area contributed by atoms with E-state index < -0.39 is 22.7 Å². The van der Waals surface area contributed by atoms with Crippen LogP contribution in [0.1, 0.15) is 22.0 Å². The van der Waals surface area contributed by atoms with Gasteiger partial charge in [0.2, 0.25) is 5.95 Å². The molecule has 1 aliphatic rings. The summed E-state index contributed by atoms with van der Waals surface area (Å²) in [6.07, 6.45) is 0. The SMILES string of the molecule is COC(=O)C1=C(C(=O)c2ccccc2)C(c2cccc([N+](=O)[O-])c2)n2nnnc2N1. The maximum atomic E-state index is 13.4. The molecule has 4 rings (SSSR count). The van der Waals surface area contributed by atoms with Crippen molar-refractivity contribution in [2.45, 2.75) is 6.04 Å². The first kappa shape index (κ1) is 18.9. The number of allylic oxidation sites excluding steroid dienone is 1. The van der Waals surface area contributed by atoms with E-state index in [4.69, 9.17) is 4.74 Å². The third-order valence-electron chi connectivity index (χ3n) is 4.58. The van der Waals surface area contributed by atoms with Gasteiger partial charge < -0.3 is 10.1 Å². The van der Waals surface area contributed by atoms with Gasteiger partial charge in [0.05, 0.1) is 17.6 Å². The molecule has 0 bridgehead atoms. The van der Waals surface area contributed by atoms with Crippen LogP contribution in [0.5, 0.6) is 0 Å². The zero-order chi connectivity index (χ0) is 21.3. The Morgan fingerprint density at radius 2 is 1.93 bits per heavy atom. The van der Waals surface area contributed by atoms with Crippen molar-refractivity contribution in [2.75, 3.05) is 12.4 Å². The van der Waals surface area contributed by atoms with Crippen LogP contribution in [-0.4, -0.2) is 44.0 Å². The molecule has 2 aromatic carbocycles. The van der Waals surface area contributed by atoms with Crippen LogP contribution in [0, 0.1) is 10.1 Å². The lowest BCUT2D eigenvalue weighted by molar-refractivity contribution is -0.384. The number of nitro groups is 1. The summed E-state index contributed by atoms with van der Waals surface area (Å²) in [5.74, 6) is -1.17. The minimum atomic E-state index is -0.988. The zero-order valence-electron chi connectivity index (χ0n) is 15.6. The lowest BCUT2D eigenvalue weighted by Gasteiger charge is -2.28. The molecule has 0 fully saturated rings. The molecule has 11 nitrogen and oxygen atoms in total. The van der Waals surface area contributed by atoms with E-state index in [-0.39, 0.29) is 22.9 Å². The first-order valence-electron chi connectivity index (χ1n) is 8.72. The van der Waals surface area contributed by atoms with E-state index in [1.54, 1.807) is 36.4 Å². The number of ether oxygens (including phenoxy) is 1. The van der Waals surface area contributed by atoms with Crippen LogP contribution in [0.3, 0.4) is 0 Å². The van der Waals surface area contributed by atoms with E-state index in [1.807, 2.05) is 0 Å². The van der Waals surface area contributed by atoms with Crippen LogP contribution in [-0.2, 0) is 9.53 Å². The number of benzene rings is 2.